The summed E-state index contributed by atoms with van der Waals surface area (Å²) in [6.07, 6.45) is 2.40. The molecule has 1 aliphatic rings. The molecule has 1 saturated heterocycles. The largest absolute Gasteiger partial charge is 0.343 e. The second-order valence-electron chi connectivity index (χ2n) is 7.20. The Hall–Kier alpha value is -2.47. The van der Waals surface area contributed by atoms with Gasteiger partial charge >= 0.3 is 0 Å². The van der Waals surface area contributed by atoms with Crippen LogP contribution in [-0.4, -0.2) is 39.6 Å². The Bertz CT molecular complexity index is 953. The first-order valence-electron chi connectivity index (χ1n) is 9.41. The second-order valence-corrected chi connectivity index (χ2v) is 8.15. The van der Waals surface area contributed by atoms with Crippen LogP contribution in [0.25, 0.3) is 11.0 Å². The van der Waals surface area contributed by atoms with Crippen molar-refractivity contribution in [2.45, 2.75) is 38.5 Å². The highest BCUT2D eigenvalue weighted by molar-refractivity contribution is 7.12. The number of aryl methyl sites for hydroxylation is 1. The summed E-state index contributed by atoms with van der Waals surface area (Å²) in [5, 5.41) is 1.89. The molecule has 0 spiro atoms. The van der Waals surface area contributed by atoms with Crippen LogP contribution < -0.4 is 0 Å². The number of imidazole rings is 1. The Morgan fingerprint density at radius 3 is 2.78 bits per heavy atom. The summed E-state index contributed by atoms with van der Waals surface area (Å²) in [6.45, 7) is 3.53. The number of thiophene rings is 1. The first kappa shape index (κ1) is 17.9. The van der Waals surface area contributed by atoms with E-state index < -0.39 is 0 Å². The predicted octanol–water partition coefficient (Wildman–Crippen LogP) is 4.30. The quantitative estimate of drug-likeness (QED) is 0.670. The predicted molar refractivity (Wildman–Crippen MR) is 107 cm³/mol. The highest BCUT2D eigenvalue weighted by Crippen LogP contribution is 2.28. The SMILES string of the molecule is Cc1ccc2nc(C3CCN(C(=O)CCC(=O)c4cccs4)CC3)[nH]c2c1. The fourth-order valence-electron chi connectivity index (χ4n) is 3.68. The molecule has 27 heavy (non-hydrogen) atoms. The molecule has 0 bridgehead atoms. The number of carbonyl (C=O) groups excluding carboxylic acids is 2. The Balaban J connectivity index is 1.31. The van der Waals surface area contributed by atoms with Gasteiger partial charge in [0.25, 0.3) is 0 Å². The van der Waals surface area contributed by atoms with Crippen molar-refractivity contribution in [2.75, 3.05) is 13.1 Å². The lowest BCUT2D eigenvalue weighted by molar-refractivity contribution is -0.132. The smallest absolute Gasteiger partial charge is 0.223 e. The maximum atomic E-state index is 12.4. The van der Waals surface area contributed by atoms with E-state index in [1.165, 1.54) is 16.9 Å². The summed E-state index contributed by atoms with van der Waals surface area (Å²) in [5.41, 5.74) is 3.30. The summed E-state index contributed by atoms with van der Waals surface area (Å²) in [7, 11) is 0. The molecular formula is C21H23N3O2S. The highest BCUT2D eigenvalue weighted by atomic mass is 32.1. The van der Waals surface area contributed by atoms with Crippen molar-refractivity contribution in [3.8, 4) is 0 Å². The van der Waals surface area contributed by atoms with E-state index in [1.807, 2.05) is 28.5 Å². The maximum absolute atomic E-state index is 12.4. The molecular weight excluding hydrogens is 358 g/mol. The van der Waals surface area contributed by atoms with E-state index in [1.54, 1.807) is 0 Å². The summed E-state index contributed by atoms with van der Waals surface area (Å²) in [4.78, 5) is 35.3. The summed E-state index contributed by atoms with van der Waals surface area (Å²) in [5.74, 6) is 1.52. The molecule has 1 aromatic carbocycles. The van der Waals surface area contributed by atoms with E-state index in [4.69, 9.17) is 4.98 Å². The number of hydrogen-bond acceptors (Lipinski definition) is 4. The van der Waals surface area contributed by atoms with Crippen molar-refractivity contribution in [1.29, 1.82) is 0 Å². The second kappa shape index (κ2) is 7.64. The van der Waals surface area contributed by atoms with Crippen LogP contribution in [0, 0.1) is 6.92 Å². The van der Waals surface area contributed by atoms with Gasteiger partial charge in [-0.3, -0.25) is 9.59 Å². The molecule has 0 atom stereocenters. The number of Topliss-reactive ketones (excluding diaryl/α,β-unsaturated/α-hetero) is 1. The van der Waals surface area contributed by atoms with Crippen LogP contribution in [0.4, 0.5) is 0 Å². The lowest BCUT2D eigenvalue weighted by atomic mass is 9.96. The number of piperidine rings is 1. The van der Waals surface area contributed by atoms with Gasteiger partial charge in [-0.1, -0.05) is 12.1 Å². The molecule has 2 aromatic heterocycles. The molecule has 3 aromatic rings. The molecule has 3 heterocycles. The van der Waals surface area contributed by atoms with Crippen LogP contribution in [0.2, 0.25) is 0 Å². The molecule has 5 nitrogen and oxygen atoms in total. The minimum Gasteiger partial charge on any atom is -0.343 e. The number of ketones is 1. The fourth-order valence-corrected chi connectivity index (χ4v) is 4.37. The van der Waals surface area contributed by atoms with Crippen molar-refractivity contribution in [2.24, 2.45) is 0 Å². The third-order valence-corrected chi connectivity index (χ3v) is 6.16. The number of rotatable bonds is 5. The zero-order valence-corrected chi connectivity index (χ0v) is 16.2. The van der Waals surface area contributed by atoms with Crippen LogP contribution in [-0.2, 0) is 4.79 Å². The summed E-state index contributed by atoms with van der Waals surface area (Å²) < 4.78 is 0. The van der Waals surface area contributed by atoms with Crippen molar-refractivity contribution < 1.29 is 9.59 Å². The third kappa shape index (κ3) is 3.95. The molecule has 0 saturated carbocycles. The minimum absolute atomic E-state index is 0.0609. The molecule has 6 heteroatoms. The van der Waals surface area contributed by atoms with Gasteiger partial charge < -0.3 is 9.88 Å². The first-order valence-corrected chi connectivity index (χ1v) is 10.3. The lowest BCUT2D eigenvalue weighted by Crippen LogP contribution is -2.38. The summed E-state index contributed by atoms with van der Waals surface area (Å²) >= 11 is 1.43. The Labute approximate surface area is 162 Å². The van der Waals surface area contributed by atoms with Crippen LogP contribution >= 0.6 is 11.3 Å². The molecule has 4 rings (SSSR count). The van der Waals surface area contributed by atoms with Gasteiger partial charge in [0.1, 0.15) is 5.82 Å². The number of nitrogens with zero attached hydrogens (tertiary/aromatic N) is 2. The fraction of sp³-hybridized carbons (Fsp3) is 0.381. The molecule has 1 fully saturated rings. The molecule has 0 radical (unpaired) electrons. The van der Waals surface area contributed by atoms with Crippen molar-refractivity contribution in [3.05, 3.63) is 52.0 Å². The minimum atomic E-state index is 0.0609. The molecule has 140 valence electrons. The van der Waals surface area contributed by atoms with Gasteiger partial charge in [-0.2, -0.15) is 0 Å². The zero-order valence-electron chi connectivity index (χ0n) is 15.4. The highest BCUT2D eigenvalue weighted by Gasteiger charge is 2.26. The van der Waals surface area contributed by atoms with E-state index in [0.717, 1.165) is 47.7 Å². The number of hydrogen-bond donors (Lipinski definition) is 1. The number of H-pyrrole nitrogens is 1. The van der Waals surface area contributed by atoms with E-state index in [2.05, 4.69) is 24.0 Å². The zero-order chi connectivity index (χ0) is 18.8. The van der Waals surface area contributed by atoms with Gasteiger partial charge in [0.05, 0.1) is 15.9 Å². The number of benzene rings is 1. The average molecular weight is 382 g/mol. The average Bonchev–Trinajstić information content (AvgIpc) is 3.35. The van der Waals surface area contributed by atoms with E-state index in [-0.39, 0.29) is 11.7 Å². The molecule has 0 unspecified atom stereocenters. The molecule has 0 aliphatic carbocycles. The number of amides is 1. The number of fused-ring (bicyclic) bond motifs is 1. The van der Waals surface area contributed by atoms with E-state index in [9.17, 15) is 9.59 Å². The Morgan fingerprint density at radius 2 is 2.04 bits per heavy atom. The van der Waals surface area contributed by atoms with E-state index >= 15 is 0 Å². The number of aromatic nitrogens is 2. The third-order valence-electron chi connectivity index (χ3n) is 5.25. The molecule has 1 amide bonds. The Morgan fingerprint density at radius 1 is 1.22 bits per heavy atom. The van der Waals surface area contributed by atoms with Crippen molar-refractivity contribution in [3.63, 3.8) is 0 Å². The Kier molecular flexibility index (Phi) is 5.07. The van der Waals surface area contributed by atoms with Gasteiger partial charge in [0, 0.05) is 31.8 Å². The standard InChI is InChI=1S/C21H23N3O2S/c1-14-4-5-16-17(13-14)23-21(22-16)15-8-10-24(11-9-15)20(26)7-6-18(25)19-3-2-12-27-19/h2-5,12-13,15H,6-11H2,1H3,(H,22,23). The normalized spacial score (nSPS) is 15.4. The van der Waals surface area contributed by atoms with Crippen LogP contribution in [0.1, 0.15) is 52.7 Å². The van der Waals surface area contributed by atoms with Crippen LogP contribution in [0.5, 0.6) is 0 Å². The number of nitrogens with one attached hydrogen (secondary N) is 1. The number of aromatic amines is 1. The van der Waals surface area contributed by atoms with Gasteiger partial charge in [-0.15, -0.1) is 11.3 Å². The van der Waals surface area contributed by atoms with Crippen molar-refractivity contribution in [1.82, 2.24) is 14.9 Å². The number of likely N-dealkylation sites (tertiary alicyclic amines) is 1. The molecule has 1 aliphatic heterocycles. The maximum Gasteiger partial charge on any atom is 0.223 e. The monoisotopic (exact) mass is 381 g/mol. The van der Waals surface area contributed by atoms with Crippen molar-refractivity contribution >= 4 is 34.1 Å². The number of carbonyl (C=O) groups is 2. The lowest BCUT2D eigenvalue weighted by Gasteiger charge is -2.31. The first-order chi connectivity index (χ1) is 13.1. The van der Waals surface area contributed by atoms with Gasteiger partial charge in [-0.05, 0) is 48.9 Å². The van der Waals surface area contributed by atoms with E-state index in [0.29, 0.717) is 18.8 Å². The van der Waals surface area contributed by atoms with Crippen LogP contribution in [0.3, 0.4) is 0 Å². The molecule has 1 N–H and O–H groups in total. The summed E-state index contributed by atoms with van der Waals surface area (Å²) in [6, 6.07) is 9.93. The van der Waals surface area contributed by atoms with Gasteiger partial charge in [0.15, 0.2) is 5.78 Å². The topological polar surface area (TPSA) is 66.1 Å². The van der Waals surface area contributed by atoms with Crippen LogP contribution in [0.15, 0.2) is 35.7 Å². The van der Waals surface area contributed by atoms with Gasteiger partial charge in [0.2, 0.25) is 5.91 Å². The van der Waals surface area contributed by atoms with Gasteiger partial charge in [-0.25, -0.2) is 4.98 Å².